The van der Waals surface area contributed by atoms with Crippen LogP contribution in [-0.4, -0.2) is 33.2 Å². The summed E-state index contributed by atoms with van der Waals surface area (Å²) < 4.78 is 18.9. The summed E-state index contributed by atoms with van der Waals surface area (Å²) in [6.45, 7) is 3.06. The number of aryl methyl sites for hydroxylation is 1. The lowest BCUT2D eigenvalue weighted by atomic mass is 9.92. The summed E-state index contributed by atoms with van der Waals surface area (Å²) in [4.78, 5) is 37.3. The lowest BCUT2D eigenvalue weighted by Gasteiger charge is -2.22. The van der Waals surface area contributed by atoms with Crippen molar-refractivity contribution in [1.82, 2.24) is 20.0 Å². The van der Waals surface area contributed by atoms with E-state index in [-0.39, 0.29) is 19.0 Å². The molecule has 1 fully saturated rings. The first-order valence-corrected chi connectivity index (χ1v) is 7.26. The molecule has 126 valence electrons. The van der Waals surface area contributed by atoms with Gasteiger partial charge >= 0.3 is 11.8 Å². The predicted molar refractivity (Wildman–Crippen MR) is 79.5 cm³/mol. The molecule has 8 nitrogen and oxygen atoms in total. The second kappa shape index (κ2) is 5.59. The molecule has 24 heavy (non-hydrogen) atoms. The van der Waals surface area contributed by atoms with Crippen LogP contribution in [0.15, 0.2) is 33.5 Å². The van der Waals surface area contributed by atoms with E-state index in [4.69, 9.17) is 4.42 Å². The Balaban J connectivity index is 1.80. The molecular formula is C15H15FN4O4. The number of hydrogen-bond donors (Lipinski definition) is 1. The molecular weight excluding hydrogens is 319 g/mol. The van der Waals surface area contributed by atoms with Crippen molar-refractivity contribution < 1.29 is 18.4 Å². The summed E-state index contributed by atoms with van der Waals surface area (Å²) >= 11 is 0. The largest absolute Gasteiger partial charge is 0.437 e. The number of hydrogen-bond acceptors (Lipinski definition) is 5. The molecule has 1 aliphatic heterocycles. The molecule has 0 aliphatic carbocycles. The summed E-state index contributed by atoms with van der Waals surface area (Å²) in [5.74, 6) is -1.36. The molecule has 1 aliphatic rings. The number of rotatable bonds is 4. The lowest BCUT2D eigenvalue weighted by molar-refractivity contribution is -0.131. The smallest absolute Gasteiger partial charge is 0.393 e. The second-order valence-corrected chi connectivity index (χ2v) is 5.63. The number of imide groups is 1. The highest BCUT2D eigenvalue weighted by Gasteiger charge is 2.48. The van der Waals surface area contributed by atoms with Crippen molar-refractivity contribution in [2.45, 2.75) is 25.9 Å². The molecule has 3 rings (SSSR count). The van der Waals surface area contributed by atoms with Crippen LogP contribution in [0.3, 0.4) is 0 Å². The van der Waals surface area contributed by atoms with Gasteiger partial charge < -0.3 is 9.73 Å². The monoisotopic (exact) mass is 334 g/mol. The van der Waals surface area contributed by atoms with Gasteiger partial charge in [0.2, 0.25) is 5.89 Å². The summed E-state index contributed by atoms with van der Waals surface area (Å²) in [6.07, 6.45) is 0. The predicted octanol–water partition coefficient (Wildman–Crippen LogP) is 0.751. The van der Waals surface area contributed by atoms with E-state index in [9.17, 15) is 18.8 Å². The van der Waals surface area contributed by atoms with Gasteiger partial charge in [-0.1, -0.05) is 12.1 Å². The fourth-order valence-electron chi connectivity index (χ4n) is 2.63. The number of nitrogens with zero attached hydrogens (tertiary/aromatic N) is 3. The van der Waals surface area contributed by atoms with E-state index in [1.54, 1.807) is 6.92 Å². The number of nitrogens with one attached hydrogen (secondary N) is 1. The van der Waals surface area contributed by atoms with Gasteiger partial charge in [-0.15, -0.1) is 5.10 Å². The molecule has 0 spiro atoms. The normalized spacial score (nSPS) is 20.5. The minimum atomic E-state index is -1.28. The van der Waals surface area contributed by atoms with Gasteiger partial charge in [-0.2, -0.15) is 4.68 Å². The Bertz CT molecular complexity index is 857. The zero-order valence-electron chi connectivity index (χ0n) is 13.1. The van der Waals surface area contributed by atoms with E-state index in [0.717, 1.165) is 9.58 Å². The SMILES string of the molecule is Cc1nn(CCN2C(=O)NC(C)(c3ccc(F)cc3)C2=O)c(=O)o1. The molecule has 9 heteroatoms. The lowest BCUT2D eigenvalue weighted by Crippen LogP contribution is -2.41. The quantitative estimate of drug-likeness (QED) is 0.832. The van der Waals surface area contributed by atoms with Crippen LogP contribution in [0.4, 0.5) is 9.18 Å². The van der Waals surface area contributed by atoms with Crippen LogP contribution in [0, 0.1) is 12.7 Å². The minimum absolute atomic E-state index is 0.0226. The molecule has 1 atom stereocenters. The van der Waals surface area contributed by atoms with E-state index in [1.165, 1.54) is 31.2 Å². The number of halogens is 1. The third-order valence-electron chi connectivity index (χ3n) is 3.94. The second-order valence-electron chi connectivity index (χ2n) is 5.63. The average Bonchev–Trinajstić information content (AvgIpc) is 2.95. The number of carbonyl (C=O) groups is 2. The molecule has 1 aromatic heterocycles. The topological polar surface area (TPSA) is 97.4 Å². The van der Waals surface area contributed by atoms with Crippen molar-refractivity contribution in [1.29, 1.82) is 0 Å². The Labute approximate surface area is 135 Å². The summed E-state index contributed by atoms with van der Waals surface area (Å²) in [5, 5.41) is 6.46. The molecule has 0 bridgehead atoms. The zero-order valence-corrected chi connectivity index (χ0v) is 13.1. The van der Waals surface area contributed by atoms with Crippen molar-refractivity contribution in [3.8, 4) is 0 Å². The van der Waals surface area contributed by atoms with Gasteiger partial charge in [0, 0.05) is 6.92 Å². The van der Waals surface area contributed by atoms with Gasteiger partial charge in [0.15, 0.2) is 0 Å². The Hall–Kier alpha value is -2.97. The molecule has 3 amide bonds. The highest BCUT2D eigenvalue weighted by Crippen LogP contribution is 2.28. The Morgan fingerprint density at radius 1 is 1.21 bits per heavy atom. The Kier molecular flexibility index (Phi) is 3.70. The summed E-state index contributed by atoms with van der Waals surface area (Å²) in [7, 11) is 0. The maximum absolute atomic E-state index is 13.1. The third-order valence-corrected chi connectivity index (χ3v) is 3.94. The van der Waals surface area contributed by atoms with Crippen molar-refractivity contribution >= 4 is 11.9 Å². The van der Waals surface area contributed by atoms with Crippen LogP contribution in [0.2, 0.25) is 0 Å². The number of carbonyl (C=O) groups excluding carboxylic acids is 2. The molecule has 0 radical (unpaired) electrons. The molecule has 1 aromatic carbocycles. The molecule has 1 unspecified atom stereocenters. The van der Waals surface area contributed by atoms with E-state index < -0.39 is 29.1 Å². The zero-order chi connectivity index (χ0) is 17.5. The number of benzene rings is 1. The van der Waals surface area contributed by atoms with Crippen LogP contribution in [-0.2, 0) is 16.9 Å². The molecule has 2 heterocycles. The van der Waals surface area contributed by atoms with Gasteiger partial charge in [-0.05, 0) is 24.6 Å². The number of urea groups is 1. The molecule has 2 aromatic rings. The van der Waals surface area contributed by atoms with Crippen molar-refractivity contribution in [2.75, 3.05) is 6.54 Å². The minimum Gasteiger partial charge on any atom is -0.393 e. The standard InChI is InChI=1S/C15H15FN4O4/c1-9-18-20(14(23)24-9)8-7-19-12(21)15(2,17-13(19)22)10-3-5-11(16)6-4-10/h3-6H,7-8H2,1-2H3,(H,17,22). The van der Waals surface area contributed by atoms with E-state index >= 15 is 0 Å². The first kappa shape index (κ1) is 15.9. The molecule has 0 saturated carbocycles. The van der Waals surface area contributed by atoms with Gasteiger partial charge in [0.25, 0.3) is 5.91 Å². The average molecular weight is 334 g/mol. The van der Waals surface area contributed by atoms with Gasteiger partial charge in [0.05, 0.1) is 13.1 Å². The first-order chi connectivity index (χ1) is 11.3. The highest BCUT2D eigenvalue weighted by atomic mass is 19.1. The molecule has 1 saturated heterocycles. The maximum Gasteiger partial charge on any atom is 0.437 e. The van der Waals surface area contributed by atoms with E-state index in [0.29, 0.717) is 5.56 Å². The molecule has 1 N–H and O–H groups in total. The summed E-state index contributed by atoms with van der Waals surface area (Å²) in [6, 6.07) is 4.76. The van der Waals surface area contributed by atoms with Crippen LogP contribution in [0.5, 0.6) is 0 Å². The van der Waals surface area contributed by atoms with Crippen molar-refractivity contribution in [2.24, 2.45) is 0 Å². The van der Waals surface area contributed by atoms with Crippen LogP contribution in [0.1, 0.15) is 18.4 Å². The Morgan fingerprint density at radius 2 is 1.88 bits per heavy atom. The highest BCUT2D eigenvalue weighted by molar-refractivity contribution is 6.07. The fourth-order valence-corrected chi connectivity index (χ4v) is 2.63. The van der Waals surface area contributed by atoms with Crippen LogP contribution >= 0.6 is 0 Å². The summed E-state index contributed by atoms with van der Waals surface area (Å²) in [5.41, 5.74) is -0.811. The van der Waals surface area contributed by atoms with Crippen LogP contribution in [0.25, 0.3) is 0 Å². The number of amides is 3. The van der Waals surface area contributed by atoms with Gasteiger partial charge in [0.1, 0.15) is 11.4 Å². The van der Waals surface area contributed by atoms with Crippen molar-refractivity contribution in [3.05, 3.63) is 52.1 Å². The maximum atomic E-state index is 13.1. The van der Waals surface area contributed by atoms with Crippen molar-refractivity contribution in [3.63, 3.8) is 0 Å². The fraction of sp³-hybridized carbons (Fsp3) is 0.333. The van der Waals surface area contributed by atoms with E-state index in [2.05, 4.69) is 10.4 Å². The van der Waals surface area contributed by atoms with Crippen LogP contribution < -0.4 is 11.1 Å². The van der Waals surface area contributed by atoms with E-state index in [1.807, 2.05) is 0 Å². The van der Waals surface area contributed by atoms with Gasteiger partial charge in [-0.25, -0.2) is 14.0 Å². The Morgan fingerprint density at radius 3 is 2.46 bits per heavy atom. The third kappa shape index (κ3) is 2.57. The van der Waals surface area contributed by atoms with Gasteiger partial charge in [-0.3, -0.25) is 9.69 Å². The first-order valence-electron chi connectivity index (χ1n) is 7.26. The number of aromatic nitrogens is 2.